The fraction of sp³-hybridized carbons (Fsp3) is 0.216. The molecule has 0 saturated heterocycles. The second kappa shape index (κ2) is 11.9. The summed E-state index contributed by atoms with van der Waals surface area (Å²) in [7, 11) is -3.19. The van der Waals surface area contributed by atoms with Gasteiger partial charge in [-0.2, -0.15) is 13.2 Å². The Morgan fingerprint density at radius 1 is 0.692 bits per heavy atom. The summed E-state index contributed by atoms with van der Waals surface area (Å²) in [6.45, 7) is 7.02. The SMILES string of the molecule is Cc1c(C)c(N2C(=O)c3ccc(C(C)(c4ccc5c(c4)C(=O)N(C)C5=O)C(F)(F)F)cc3C2=O)c(C)c(S(=O)(=O)Nc2ccc(C(=O)O)cc2)c1C. The summed E-state index contributed by atoms with van der Waals surface area (Å²) in [6.07, 6.45) is -4.98. The average molecular weight is 734 g/mol. The van der Waals surface area contributed by atoms with Crippen molar-refractivity contribution in [3.8, 4) is 0 Å². The molecule has 2 aliphatic rings. The zero-order valence-electron chi connectivity index (χ0n) is 28.5. The Labute approximate surface area is 295 Å². The number of hydrogen-bond donors (Lipinski definition) is 2. The van der Waals surface area contributed by atoms with Gasteiger partial charge >= 0.3 is 12.1 Å². The highest BCUT2D eigenvalue weighted by Crippen LogP contribution is 2.48. The number of amides is 4. The van der Waals surface area contributed by atoms with E-state index in [1.54, 1.807) is 20.8 Å². The average Bonchev–Trinajstić information content (AvgIpc) is 3.45. The molecule has 11 nitrogen and oxygen atoms in total. The predicted octanol–water partition coefficient (Wildman–Crippen LogP) is 6.31. The molecule has 15 heteroatoms. The van der Waals surface area contributed by atoms with Gasteiger partial charge in [0.05, 0.1) is 38.4 Å². The maximum Gasteiger partial charge on any atom is 0.402 e. The predicted molar refractivity (Wildman–Crippen MR) is 183 cm³/mol. The van der Waals surface area contributed by atoms with Crippen LogP contribution in [0.15, 0.2) is 65.6 Å². The first-order valence-electron chi connectivity index (χ1n) is 15.7. The van der Waals surface area contributed by atoms with Gasteiger partial charge < -0.3 is 5.11 Å². The molecule has 0 bridgehead atoms. The van der Waals surface area contributed by atoms with Crippen LogP contribution in [0.1, 0.15) is 92.1 Å². The molecule has 0 spiro atoms. The summed E-state index contributed by atoms with van der Waals surface area (Å²) in [5.74, 6) is -4.47. The normalized spacial score (nSPS) is 15.6. The fourth-order valence-corrected chi connectivity index (χ4v) is 8.45. The lowest BCUT2D eigenvalue weighted by atomic mass is 9.74. The van der Waals surface area contributed by atoms with Crippen LogP contribution in [0.2, 0.25) is 0 Å². The lowest BCUT2D eigenvalue weighted by Gasteiger charge is -2.33. The minimum absolute atomic E-state index is 0.0208. The Hall–Kier alpha value is -5.83. The Kier molecular flexibility index (Phi) is 8.21. The van der Waals surface area contributed by atoms with Gasteiger partial charge in [-0.25, -0.2) is 18.1 Å². The number of carboxylic acids is 1. The number of carboxylic acid groups (broad SMARTS) is 1. The highest BCUT2D eigenvalue weighted by atomic mass is 32.2. The maximum absolute atomic E-state index is 15.1. The van der Waals surface area contributed by atoms with Crippen molar-refractivity contribution in [2.45, 2.75) is 51.1 Å². The Morgan fingerprint density at radius 3 is 1.69 bits per heavy atom. The van der Waals surface area contributed by atoms with Gasteiger partial charge in [-0.1, -0.05) is 12.1 Å². The van der Waals surface area contributed by atoms with E-state index in [4.69, 9.17) is 0 Å². The summed E-state index contributed by atoms with van der Waals surface area (Å²) >= 11 is 0. The molecule has 6 rings (SSSR count). The van der Waals surface area contributed by atoms with Crippen LogP contribution in [0.25, 0.3) is 0 Å². The number of rotatable bonds is 7. The number of carbonyl (C=O) groups excluding carboxylic acids is 4. The van der Waals surface area contributed by atoms with E-state index < -0.39 is 56.8 Å². The van der Waals surface area contributed by atoms with Crippen molar-refractivity contribution in [2.24, 2.45) is 0 Å². The largest absolute Gasteiger partial charge is 0.478 e. The molecule has 2 aliphatic heterocycles. The van der Waals surface area contributed by atoms with E-state index in [2.05, 4.69) is 4.72 Å². The van der Waals surface area contributed by atoms with Gasteiger partial charge in [0, 0.05) is 12.7 Å². The molecule has 268 valence electrons. The van der Waals surface area contributed by atoms with E-state index in [-0.39, 0.29) is 55.2 Å². The number of carbonyl (C=O) groups is 5. The second-order valence-electron chi connectivity index (χ2n) is 12.9. The fourth-order valence-electron chi connectivity index (χ4n) is 6.85. The van der Waals surface area contributed by atoms with Gasteiger partial charge in [0.25, 0.3) is 33.7 Å². The minimum atomic E-state index is -4.98. The summed E-state index contributed by atoms with van der Waals surface area (Å²) < 4.78 is 75.3. The molecule has 4 aromatic rings. The molecule has 4 amide bonds. The molecule has 1 unspecified atom stereocenters. The number of fused-ring (bicyclic) bond motifs is 2. The van der Waals surface area contributed by atoms with Crippen LogP contribution in [-0.2, 0) is 15.4 Å². The van der Waals surface area contributed by atoms with E-state index in [0.717, 1.165) is 53.1 Å². The number of anilines is 2. The van der Waals surface area contributed by atoms with Gasteiger partial charge in [0.2, 0.25) is 0 Å². The van der Waals surface area contributed by atoms with Gasteiger partial charge in [0.1, 0.15) is 5.41 Å². The number of halogens is 3. The zero-order chi connectivity index (χ0) is 38.4. The van der Waals surface area contributed by atoms with Gasteiger partial charge in [-0.15, -0.1) is 0 Å². The highest BCUT2D eigenvalue weighted by molar-refractivity contribution is 7.92. The van der Waals surface area contributed by atoms with Crippen LogP contribution < -0.4 is 9.62 Å². The number of aromatic carboxylic acids is 1. The Morgan fingerprint density at radius 2 is 1.17 bits per heavy atom. The third-order valence-electron chi connectivity index (χ3n) is 10.1. The van der Waals surface area contributed by atoms with E-state index in [0.29, 0.717) is 16.7 Å². The maximum atomic E-state index is 15.1. The molecular formula is C37H30F3N3O8S. The van der Waals surface area contributed by atoms with E-state index in [1.165, 1.54) is 38.2 Å². The van der Waals surface area contributed by atoms with Gasteiger partial charge in [-0.3, -0.25) is 28.8 Å². The Bertz CT molecular complexity index is 2420. The van der Waals surface area contributed by atoms with Crippen molar-refractivity contribution in [3.63, 3.8) is 0 Å². The van der Waals surface area contributed by atoms with Crippen LogP contribution in [0.5, 0.6) is 0 Å². The number of nitrogens with zero attached hydrogens (tertiary/aromatic N) is 2. The lowest BCUT2D eigenvalue weighted by Crippen LogP contribution is -2.41. The van der Waals surface area contributed by atoms with Crippen LogP contribution >= 0.6 is 0 Å². The highest BCUT2D eigenvalue weighted by Gasteiger charge is 2.55. The topological polar surface area (TPSA) is 158 Å². The lowest BCUT2D eigenvalue weighted by molar-refractivity contribution is -0.173. The molecule has 0 aromatic heterocycles. The number of hydrogen-bond acceptors (Lipinski definition) is 7. The molecule has 0 radical (unpaired) electrons. The molecular weight excluding hydrogens is 703 g/mol. The molecule has 52 heavy (non-hydrogen) atoms. The molecule has 0 saturated carbocycles. The number of sulfonamides is 1. The van der Waals surface area contributed by atoms with E-state index in [1.807, 2.05) is 0 Å². The number of nitrogens with one attached hydrogen (secondary N) is 1. The standard InChI is InChI=1S/C37H30F3N3O8S/c1-17-18(2)29(20(4)30(19(17)3)52(50,51)41-24-11-7-21(8-12-24)35(48)49)43-33(46)26-14-10-23(16-28(26)34(43)47)36(5,37(38,39)40)22-9-13-25-27(15-22)32(45)42(6)31(25)44/h7-16,41H,1-6H3,(H,48,49). The molecule has 4 aromatic carbocycles. The van der Waals surface area contributed by atoms with Crippen molar-refractivity contribution < 1.29 is 50.7 Å². The molecule has 2 heterocycles. The number of alkyl halides is 3. The summed E-state index contributed by atoms with van der Waals surface area (Å²) in [5, 5.41) is 9.18. The summed E-state index contributed by atoms with van der Waals surface area (Å²) in [6, 6.07) is 11.4. The van der Waals surface area contributed by atoms with Crippen molar-refractivity contribution in [3.05, 3.63) is 122 Å². The smallest absolute Gasteiger partial charge is 0.402 e. The van der Waals surface area contributed by atoms with Crippen LogP contribution in [-0.4, -0.2) is 61.2 Å². The van der Waals surface area contributed by atoms with E-state index in [9.17, 15) is 37.5 Å². The monoisotopic (exact) mass is 733 g/mol. The first kappa shape index (κ1) is 36.0. The van der Waals surface area contributed by atoms with Gasteiger partial charge in [0.15, 0.2) is 0 Å². The molecule has 1 atom stereocenters. The van der Waals surface area contributed by atoms with Crippen molar-refractivity contribution in [1.29, 1.82) is 0 Å². The van der Waals surface area contributed by atoms with E-state index >= 15 is 13.2 Å². The zero-order valence-corrected chi connectivity index (χ0v) is 29.3. The third-order valence-corrected chi connectivity index (χ3v) is 11.7. The summed E-state index contributed by atoms with van der Waals surface area (Å²) in [4.78, 5) is 65.6. The number of imide groups is 2. The molecule has 0 fully saturated rings. The quantitative estimate of drug-likeness (QED) is 0.209. The number of benzene rings is 4. The summed E-state index contributed by atoms with van der Waals surface area (Å²) in [5.41, 5.74) is -3.30. The van der Waals surface area contributed by atoms with Gasteiger partial charge in [-0.05, 0) is 117 Å². The van der Waals surface area contributed by atoms with Crippen molar-refractivity contribution >= 4 is 51.0 Å². The first-order chi connectivity index (χ1) is 24.1. The Balaban J connectivity index is 1.44. The van der Waals surface area contributed by atoms with Crippen LogP contribution in [0.4, 0.5) is 24.5 Å². The van der Waals surface area contributed by atoms with Crippen molar-refractivity contribution in [2.75, 3.05) is 16.7 Å². The second-order valence-corrected chi connectivity index (χ2v) is 14.5. The molecule has 0 aliphatic carbocycles. The van der Waals surface area contributed by atoms with Crippen molar-refractivity contribution in [1.82, 2.24) is 4.90 Å². The first-order valence-corrected chi connectivity index (χ1v) is 17.1. The minimum Gasteiger partial charge on any atom is -0.478 e. The third kappa shape index (κ3) is 5.17. The molecule has 2 N–H and O–H groups in total. The van der Waals surface area contributed by atoms with Crippen LogP contribution in [0.3, 0.4) is 0 Å². The van der Waals surface area contributed by atoms with Crippen LogP contribution in [0, 0.1) is 27.7 Å².